The summed E-state index contributed by atoms with van der Waals surface area (Å²) < 4.78 is 10.4. The molecule has 1 aromatic carbocycles. The Bertz CT molecular complexity index is 489. The first-order valence-electron chi connectivity index (χ1n) is 6.06. The molecule has 1 saturated heterocycles. The van der Waals surface area contributed by atoms with Crippen LogP contribution in [0, 0.1) is 6.92 Å². The highest BCUT2D eigenvalue weighted by Crippen LogP contribution is 2.26. The Balaban J connectivity index is 2.18. The van der Waals surface area contributed by atoms with Crippen molar-refractivity contribution in [3.05, 3.63) is 29.8 Å². The maximum Gasteiger partial charge on any atom is 0.335 e. The Hall–Kier alpha value is -1.67. The summed E-state index contributed by atoms with van der Waals surface area (Å²) in [6, 6.07) is 6.89. The molecule has 1 aliphatic rings. The standard InChI is InChI=1S/C13H16O7/c1-6-4-2-3-5-7(6)19-13-10(16)8(14)9(15)11(20-13)12(17)18/h2-5,8-11,13-16H,1H3,(H,17,18)/t8-,9-,10+,11-,13+/m0/s1. The predicted molar refractivity (Wildman–Crippen MR) is 66.1 cm³/mol. The summed E-state index contributed by atoms with van der Waals surface area (Å²) in [6.45, 7) is 1.77. The second-order valence-electron chi connectivity index (χ2n) is 4.62. The van der Waals surface area contributed by atoms with E-state index in [-0.39, 0.29) is 0 Å². The van der Waals surface area contributed by atoms with Crippen molar-refractivity contribution in [3.8, 4) is 5.75 Å². The lowest BCUT2D eigenvalue weighted by Gasteiger charge is -2.38. The van der Waals surface area contributed by atoms with E-state index in [0.717, 1.165) is 5.56 Å². The van der Waals surface area contributed by atoms with E-state index in [1.165, 1.54) is 0 Å². The monoisotopic (exact) mass is 284 g/mol. The van der Waals surface area contributed by atoms with E-state index >= 15 is 0 Å². The Morgan fingerprint density at radius 2 is 1.80 bits per heavy atom. The number of rotatable bonds is 3. The lowest BCUT2D eigenvalue weighted by atomic mass is 9.99. The van der Waals surface area contributed by atoms with E-state index in [1.54, 1.807) is 31.2 Å². The van der Waals surface area contributed by atoms with Crippen LogP contribution < -0.4 is 4.74 Å². The van der Waals surface area contributed by atoms with Gasteiger partial charge in [0, 0.05) is 0 Å². The maximum atomic E-state index is 10.9. The minimum atomic E-state index is -1.72. The van der Waals surface area contributed by atoms with Crippen molar-refractivity contribution in [1.82, 2.24) is 0 Å². The van der Waals surface area contributed by atoms with Gasteiger partial charge in [0.25, 0.3) is 0 Å². The number of aliphatic hydroxyl groups is 3. The van der Waals surface area contributed by atoms with Crippen LogP contribution in [0.1, 0.15) is 5.56 Å². The summed E-state index contributed by atoms with van der Waals surface area (Å²) in [7, 11) is 0. The van der Waals surface area contributed by atoms with Crippen LogP contribution in [0.3, 0.4) is 0 Å². The van der Waals surface area contributed by atoms with Crippen LogP contribution in [0.25, 0.3) is 0 Å². The van der Waals surface area contributed by atoms with Gasteiger partial charge in [-0.15, -0.1) is 0 Å². The molecule has 7 nitrogen and oxygen atoms in total. The van der Waals surface area contributed by atoms with E-state index in [9.17, 15) is 20.1 Å². The van der Waals surface area contributed by atoms with Gasteiger partial charge < -0.3 is 29.9 Å². The van der Waals surface area contributed by atoms with Crippen LogP contribution >= 0.6 is 0 Å². The van der Waals surface area contributed by atoms with E-state index < -0.39 is 36.7 Å². The summed E-state index contributed by atoms with van der Waals surface area (Å²) in [6.07, 6.45) is -7.99. The Morgan fingerprint density at radius 1 is 1.15 bits per heavy atom. The molecule has 0 spiro atoms. The number of aliphatic hydroxyl groups excluding tert-OH is 3. The lowest BCUT2D eigenvalue weighted by Crippen LogP contribution is -2.61. The van der Waals surface area contributed by atoms with Crippen molar-refractivity contribution in [3.63, 3.8) is 0 Å². The van der Waals surface area contributed by atoms with Crippen LogP contribution in [0.4, 0.5) is 0 Å². The van der Waals surface area contributed by atoms with Gasteiger partial charge >= 0.3 is 5.97 Å². The number of carboxylic acids is 1. The molecule has 0 amide bonds. The molecule has 20 heavy (non-hydrogen) atoms. The summed E-state index contributed by atoms with van der Waals surface area (Å²) in [5, 5.41) is 37.9. The SMILES string of the molecule is Cc1ccccc1O[C@@H]1O[C@H](C(=O)O)[C@@H](O)[C@H](O)[C@H]1O. The third-order valence-corrected chi connectivity index (χ3v) is 3.15. The van der Waals surface area contributed by atoms with Crippen molar-refractivity contribution in [1.29, 1.82) is 0 Å². The molecule has 5 atom stereocenters. The highest BCUT2D eigenvalue weighted by atomic mass is 16.7. The van der Waals surface area contributed by atoms with Crippen LogP contribution in [-0.2, 0) is 9.53 Å². The van der Waals surface area contributed by atoms with Crippen molar-refractivity contribution in [2.24, 2.45) is 0 Å². The van der Waals surface area contributed by atoms with Gasteiger partial charge in [-0.1, -0.05) is 18.2 Å². The number of carbonyl (C=O) groups is 1. The van der Waals surface area contributed by atoms with Crippen LogP contribution in [-0.4, -0.2) is 57.1 Å². The smallest absolute Gasteiger partial charge is 0.335 e. The number of carboxylic acid groups (broad SMARTS) is 1. The summed E-state index contributed by atoms with van der Waals surface area (Å²) in [5.41, 5.74) is 0.760. The molecule has 0 saturated carbocycles. The van der Waals surface area contributed by atoms with Crippen molar-refractivity contribution in [2.45, 2.75) is 37.6 Å². The fraction of sp³-hybridized carbons (Fsp3) is 0.462. The minimum Gasteiger partial charge on any atom is -0.479 e. The zero-order chi connectivity index (χ0) is 14.9. The van der Waals surface area contributed by atoms with Crippen LogP contribution in [0.2, 0.25) is 0 Å². The van der Waals surface area contributed by atoms with Crippen molar-refractivity contribution >= 4 is 5.97 Å². The summed E-state index contributed by atoms with van der Waals surface area (Å²) in [4.78, 5) is 10.9. The molecular formula is C13H16O7. The van der Waals surface area contributed by atoms with E-state index in [0.29, 0.717) is 5.75 Å². The van der Waals surface area contributed by atoms with Gasteiger partial charge in [0.05, 0.1) is 0 Å². The average Bonchev–Trinajstić information content (AvgIpc) is 2.41. The molecule has 0 aliphatic carbocycles. The molecule has 0 aromatic heterocycles. The number of benzene rings is 1. The predicted octanol–water partition coefficient (Wildman–Crippen LogP) is -0.734. The van der Waals surface area contributed by atoms with E-state index in [4.69, 9.17) is 14.6 Å². The van der Waals surface area contributed by atoms with E-state index in [2.05, 4.69) is 0 Å². The number of aryl methyl sites for hydroxylation is 1. The number of hydrogen-bond donors (Lipinski definition) is 4. The average molecular weight is 284 g/mol. The largest absolute Gasteiger partial charge is 0.479 e. The minimum absolute atomic E-state index is 0.393. The lowest BCUT2D eigenvalue weighted by molar-refractivity contribution is -0.271. The van der Waals surface area contributed by atoms with Gasteiger partial charge in [-0.25, -0.2) is 4.79 Å². The quantitative estimate of drug-likeness (QED) is 0.578. The van der Waals surface area contributed by atoms with Crippen molar-refractivity contribution in [2.75, 3.05) is 0 Å². The molecule has 1 fully saturated rings. The number of aliphatic carboxylic acids is 1. The summed E-state index contributed by atoms with van der Waals surface area (Å²) >= 11 is 0. The maximum absolute atomic E-state index is 10.9. The number of ether oxygens (including phenoxy) is 2. The molecule has 2 rings (SSSR count). The van der Waals surface area contributed by atoms with Crippen LogP contribution in [0.5, 0.6) is 5.75 Å². The molecule has 1 heterocycles. The molecule has 4 N–H and O–H groups in total. The molecule has 0 unspecified atom stereocenters. The second kappa shape index (κ2) is 5.76. The van der Waals surface area contributed by atoms with Gasteiger partial charge in [0.2, 0.25) is 6.29 Å². The van der Waals surface area contributed by atoms with Gasteiger partial charge in [-0.2, -0.15) is 0 Å². The zero-order valence-electron chi connectivity index (χ0n) is 10.7. The molecule has 110 valence electrons. The Kier molecular flexibility index (Phi) is 4.24. The Labute approximate surface area is 115 Å². The number of hydrogen-bond acceptors (Lipinski definition) is 6. The van der Waals surface area contributed by atoms with Crippen molar-refractivity contribution < 1.29 is 34.7 Å². The normalized spacial score (nSPS) is 33.7. The van der Waals surface area contributed by atoms with Gasteiger partial charge in [-0.3, -0.25) is 0 Å². The summed E-state index contributed by atoms with van der Waals surface area (Å²) in [5.74, 6) is -1.05. The second-order valence-corrected chi connectivity index (χ2v) is 4.62. The molecule has 1 aromatic rings. The van der Waals surface area contributed by atoms with E-state index in [1.807, 2.05) is 0 Å². The zero-order valence-corrected chi connectivity index (χ0v) is 10.7. The Morgan fingerprint density at radius 3 is 2.40 bits per heavy atom. The molecule has 1 aliphatic heterocycles. The molecule has 7 heteroatoms. The third kappa shape index (κ3) is 2.75. The molecular weight excluding hydrogens is 268 g/mol. The fourth-order valence-electron chi connectivity index (χ4n) is 1.96. The molecule has 0 bridgehead atoms. The molecule has 0 radical (unpaired) electrons. The first-order valence-corrected chi connectivity index (χ1v) is 6.06. The van der Waals surface area contributed by atoms with Gasteiger partial charge in [0.1, 0.15) is 24.1 Å². The number of para-hydroxylation sites is 1. The topological polar surface area (TPSA) is 116 Å². The van der Waals surface area contributed by atoms with Gasteiger partial charge in [-0.05, 0) is 18.6 Å². The fourth-order valence-corrected chi connectivity index (χ4v) is 1.96. The highest BCUT2D eigenvalue weighted by Gasteiger charge is 2.48. The first-order chi connectivity index (χ1) is 9.41. The third-order valence-electron chi connectivity index (χ3n) is 3.15. The first kappa shape index (κ1) is 14.7. The highest BCUT2D eigenvalue weighted by molar-refractivity contribution is 5.73. The van der Waals surface area contributed by atoms with Gasteiger partial charge in [0.15, 0.2) is 6.10 Å². The van der Waals surface area contributed by atoms with Crippen LogP contribution in [0.15, 0.2) is 24.3 Å².